The molecule has 0 aromatic heterocycles. The van der Waals surface area contributed by atoms with E-state index in [1.54, 1.807) is 12.1 Å². The molecule has 2 aliphatic rings. The standard InChI is InChI=1S/C23H24ClFN4O3/c1-32-22(30)20-18(26-23(31)27-21(20)15-5-4-6-16(25)13-15)14-28-9-11-29(12-10-28)19-8-3-2-7-17(19)24/h2-8,13,21H,9-12,14H2,1H3,(H2,26,27,31)/t21-/m1/s1. The van der Waals surface area contributed by atoms with Gasteiger partial charge in [-0.3, -0.25) is 4.90 Å². The quantitative estimate of drug-likeness (QED) is 0.674. The van der Waals surface area contributed by atoms with Crippen LogP contribution >= 0.6 is 11.6 Å². The number of rotatable bonds is 5. The Hall–Kier alpha value is -3.10. The fourth-order valence-electron chi connectivity index (χ4n) is 4.11. The van der Waals surface area contributed by atoms with Crippen molar-refractivity contribution in [2.45, 2.75) is 6.04 Å². The van der Waals surface area contributed by atoms with E-state index in [-0.39, 0.29) is 5.57 Å². The van der Waals surface area contributed by atoms with Crippen LogP contribution < -0.4 is 15.5 Å². The molecular formula is C23H24ClFN4O3. The summed E-state index contributed by atoms with van der Waals surface area (Å²) in [6, 6.07) is 12.3. The number of esters is 1. The van der Waals surface area contributed by atoms with Gasteiger partial charge in [-0.1, -0.05) is 35.9 Å². The largest absolute Gasteiger partial charge is 0.466 e. The first kappa shape index (κ1) is 22.1. The summed E-state index contributed by atoms with van der Waals surface area (Å²) in [4.78, 5) is 29.4. The fraction of sp³-hybridized carbons (Fsp3) is 0.304. The molecule has 0 bridgehead atoms. The van der Waals surface area contributed by atoms with Gasteiger partial charge in [-0.15, -0.1) is 0 Å². The van der Waals surface area contributed by atoms with E-state index in [1.165, 1.54) is 19.2 Å². The molecule has 4 rings (SSSR count). The second kappa shape index (κ2) is 9.58. The zero-order valence-corrected chi connectivity index (χ0v) is 18.4. The van der Waals surface area contributed by atoms with Gasteiger partial charge in [0, 0.05) is 38.4 Å². The second-order valence-electron chi connectivity index (χ2n) is 7.68. The molecule has 1 atom stereocenters. The summed E-state index contributed by atoms with van der Waals surface area (Å²) in [5, 5.41) is 6.17. The second-order valence-corrected chi connectivity index (χ2v) is 8.09. The molecule has 168 valence electrons. The molecule has 7 nitrogen and oxygen atoms in total. The zero-order valence-electron chi connectivity index (χ0n) is 17.6. The SMILES string of the molecule is COC(=O)C1=C(CN2CCN(c3ccccc3Cl)CC2)NC(=O)N[C@@H]1c1cccc(F)c1. The molecule has 2 aromatic carbocycles. The lowest BCUT2D eigenvalue weighted by Gasteiger charge is -2.38. The van der Waals surface area contributed by atoms with Crippen LogP contribution in [0.2, 0.25) is 5.02 Å². The molecule has 2 amide bonds. The van der Waals surface area contributed by atoms with Crippen LogP contribution in [0.15, 0.2) is 59.8 Å². The number of urea groups is 1. The number of piperazine rings is 1. The number of anilines is 1. The van der Waals surface area contributed by atoms with Crippen molar-refractivity contribution in [1.82, 2.24) is 15.5 Å². The summed E-state index contributed by atoms with van der Waals surface area (Å²) in [7, 11) is 1.29. The highest BCUT2D eigenvalue weighted by Crippen LogP contribution is 2.29. The van der Waals surface area contributed by atoms with E-state index in [0.717, 1.165) is 31.9 Å². The predicted molar refractivity (Wildman–Crippen MR) is 120 cm³/mol. The lowest BCUT2D eigenvalue weighted by atomic mass is 9.95. The van der Waals surface area contributed by atoms with Gasteiger partial charge in [0.15, 0.2) is 0 Å². The number of methoxy groups -OCH3 is 1. The number of halogens is 2. The Kier molecular flexibility index (Phi) is 6.62. The Morgan fingerprint density at radius 3 is 2.59 bits per heavy atom. The molecule has 0 radical (unpaired) electrons. The van der Waals surface area contributed by atoms with E-state index < -0.39 is 23.9 Å². The number of carbonyl (C=O) groups is 2. The molecule has 0 saturated carbocycles. The minimum absolute atomic E-state index is 0.270. The van der Waals surface area contributed by atoms with Crippen molar-refractivity contribution >= 4 is 29.3 Å². The van der Waals surface area contributed by atoms with Crippen molar-refractivity contribution in [1.29, 1.82) is 0 Å². The first-order chi connectivity index (χ1) is 15.5. The Morgan fingerprint density at radius 2 is 1.91 bits per heavy atom. The number of para-hydroxylation sites is 1. The van der Waals surface area contributed by atoms with E-state index in [2.05, 4.69) is 20.4 Å². The highest BCUT2D eigenvalue weighted by molar-refractivity contribution is 6.33. The van der Waals surface area contributed by atoms with Crippen LogP contribution in [0, 0.1) is 5.82 Å². The van der Waals surface area contributed by atoms with Gasteiger partial charge in [0.05, 0.1) is 29.4 Å². The summed E-state index contributed by atoms with van der Waals surface area (Å²) in [5.41, 5.74) is 2.19. The van der Waals surface area contributed by atoms with E-state index in [9.17, 15) is 14.0 Å². The van der Waals surface area contributed by atoms with Crippen molar-refractivity contribution in [3.8, 4) is 0 Å². The van der Waals surface area contributed by atoms with Crippen LogP contribution in [-0.4, -0.2) is 56.7 Å². The summed E-state index contributed by atoms with van der Waals surface area (Å²) >= 11 is 6.33. The number of ether oxygens (including phenoxy) is 1. The molecule has 2 N–H and O–H groups in total. The monoisotopic (exact) mass is 458 g/mol. The van der Waals surface area contributed by atoms with E-state index in [0.29, 0.717) is 22.8 Å². The lowest BCUT2D eigenvalue weighted by molar-refractivity contribution is -0.136. The van der Waals surface area contributed by atoms with Gasteiger partial charge in [-0.25, -0.2) is 14.0 Å². The Labute approximate surface area is 190 Å². The van der Waals surface area contributed by atoms with E-state index >= 15 is 0 Å². The van der Waals surface area contributed by atoms with Crippen molar-refractivity contribution in [3.63, 3.8) is 0 Å². The topological polar surface area (TPSA) is 73.9 Å². The van der Waals surface area contributed by atoms with Gasteiger partial charge < -0.3 is 20.3 Å². The highest BCUT2D eigenvalue weighted by atomic mass is 35.5. The van der Waals surface area contributed by atoms with Crippen LogP contribution in [0.25, 0.3) is 0 Å². The number of hydrogen-bond donors (Lipinski definition) is 2. The molecule has 2 aliphatic heterocycles. The van der Waals surface area contributed by atoms with Crippen molar-refractivity contribution in [3.05, 3.63) is 76.2 Å². The maximum atomic E-state index is 13.8. The third kappa shape index (κ3) is 4.71. The third-order valence-corrected chi connectivity index (χ3v) is 6.01. The van der Waals surface area contributed by atoms with Crippen LogP contribution in [-0.2, 0) is 9.53 Å². The van der Waals surface area contributed by atoms with Crippen LogP contribution in [0.1, 0.15) is 11.6 Å². The minimum atomic E-state index is -0.800. The first-order valence-corrected chi connectivity index (χ1v) is 10.7. The average Bonchev–Trinajstić information content (AvgIpc) is 2.79. The number of amides is 2. The van der Waals surface area contributed by atoms with Crippen molar-refractivity contribution < 1.29 is 18.7 Å². The molecule has 2 heterocycles. The molecule has 9 heteroatoms. The number of benzene rings is 2. The molecule has 32 heavy (non-hydrogen) atoms. The Balaban J connectivity index is 1.55. The van der Waals surface area contributed by atoms with Gasteiger partial charge in [0.1, 0.15) is 5.82 Å². The summed E-state index contributed by atoms with van der Waals surface area (Å²) in [6.07, 6.45) is 0. The van der Waals surface area contributed by atoms with Crippen LogP contribution in [0.5, 0.6) is 0 Å². The zero-order chi connectivity index (χ0) is 22.7. The molecule has 2 aromatic rings. The normalized spacial score (nSPS) is 19.4. The van der Waals surface area contributed by atoms with E-state index in [4.69, 9.17) is 16.3 Å². The first-order valence-electron chi connectivity index (χ1n) is 10.3. The van der Waals surface area contributed by atoms with E-state index in [1.807, 2.05) is 24.3 Å². The van der Waals surface area contributed by atoms with Gasteiger partial charge in [-0.05, 0) is 29.8 Å². The number of hydrogen-bond acceptors (Lipinski definition) is 5. The molecule has 0 spiro atoms. The van der Waals surface area contributed by atoms with Gasteiger partial charge in [0.2, 0.25) is 0 Å². The Morgan fingerprint density at radius 1 is 1.16 bits per heavy atom. The molecule has 1 saturated heterocycles. The molecular weight excluding hydrogens is 435 g/mol. The highest BCUT2D eigenvalue weighted by Gasteiger charge is 2.34. The maximum Gasteiger partial charge on any atom is 0.338 e. The summed E-state index contributed by atoms with van der Waals surface area (Å²) in [5.74, 6) is -1.02. The minimum Gasteiger partial charge on any atom is -0.466 e. The predicted octanol–water partition coefficient (Wildman–Crippen LogP) is 3.08. The van der Waals surface area contributed by atoms with Crippen LogP contribution in [0.3, 0.4) is 0 Å². The molecule has 1 fully saturated rings. The maximum absolute atomic E-state index is 13.8. The smallest absolute Gasteiger partial charge is 0.338 e. The lowest BCUT2D eigenvalue weighted by Crippen LogP contribution is -2.51. The van der Waals surface area contributed by atoms with Crippen molar-refractivity contribution in [2.75, 3.05) is 44.7 Å². The van der Waals surface area contributed by atoms with Gasteiger partial charge >= 0.3 is 12.0 Å². The number of nitrogens with one attached hydrogen (secondary N) is 2. The van der Waals surface area contributed by atoms with Crippen molar-refractivity contribution in [2.24, 2.45) is 0 Å². The molecule has 0 aliphatic carbocycles. The number of carbonyl (C=O) groups excluding carboxylic acids is 2. The van der Waals surface area contributed by atoms with Gasteiger partial charge in [-0.2, -0.15) is 0 Å². The molecule has 0 unspecified atom stereocenters. The number of nitrogens with zero attached hydrogens (tertiary/aromatic N) is 2. The average molecular weight is 459 g/mol. The Bertz CT molecular complexity index is 1050. The van der Waals surface area contributed by atoms with Gasteiger partial charge in [0.25, 0.3) is 0 Å². The fourth-order valence-corrected chi connectivity index (χ4v) is 4.36. The van der Waals surface area contributed by atoms with Crippen LogP contribution in [0.4, 0.5) is 14.9 Å². The third-order valence-electron chi connectivity index (χ3n) is 5.69. The summed E-state index contributed by atoms with van der Waals surface area (Å²) < 4.78 is 18.8. The summed E-state index contributed by atoms with van der Waals surface area (Å²) in [6.45, 7) is 3.31.